The van der Waals surface area contributed by atoms with Crippen LogP contribution in [0, 0.1) is 16.0 Å². The predicted molar refractivity (Wildman–Crippen MR) is 79.8 cm³/mol. The van der Waals surface area contributed by atoms with Crippen LogP contribution in [0.4, 0.5) is 11.4 Å². The highest BCUT2D eigenvalue weighted by molar-refractivity contribution is 7.89. The van der Waals surface area contributed by atoms with Gasteiger partial charge < -0.3 is 5.32 Å². The first-order valence-electron chi connectivity index (χ1n) is 6.82. The van der Waals surface area contributed by atoms with E-state index < -0.39 is 14.9 Å². The average molecular weight is 313 g/mol. The van der Waals surface area contributed by atoms with Crippen LogP contribution in [0.5, 0.6) is 0 Å². The van der Waals surface area contributed by atoms with Crippen molar-refractivity contribution in [1.82, 2.24) is 4.31 Å². The first kappa shape index (κ1) is 15.7. The zero-order chi connectivity index (χ0) is 15.6. The van der Waals surface area contributed by atoms with Gasteiger partial charge in [0.2, 0.25) is 10.0 Å². The number of rotatable bonds is 4. The Balaban J connectivity index is 2.40. The van der Waals surface area contributed by atoms with Gasteiger partial charge in [-0.25, -0.2) is 8.42 Å². The quantitative estimate of drug-likeness (QED) is 0.678. The number of nitrogens with one attached hydrogen (secondary N) is 1. The lowest BCUT2D eigenvalue weighted by molar-refractivity contribution is -0.384. The largest absolute Gasteiger partial charge is 0.383 e. The van der Waals surface area contributed by atoms with Crippen LogP contribution >= 0.6 is 0 Å². The maximum atomic E-state index is 12.6. The van der Waals surface area contributed by atoms with Gasteiger partial charge in [0.05, 0.1) is 9.82 Å². The molecule has 0 spiro atoms. The predicted octanol–water partition coefficient (Wildman–Crippen LogP) is 2.06. The van der Waals surface area contributed by atoms with Gasteiger partial charge in [0.1, 0.15) is 5.69 Å². The van der Waals surface area contributed by atoms with Crippen LogP contribution in [-0.4, -0.2) is 37.8 Å². The van der Waals surface area contributed by atoms with Gasteiger partial charge in [-0.15, -0.1) is 0 Å². The van der Waals surface area contributed by atoms with E-state index >= 15 is 0 Å². The summed E-state index contributed by atoms with van der Waals surface area (Å²) < 4.78 is 26.6. The number of hydrogen-bond donors (Lipinski definition) is 1. The van der Waals surface area contributed by atoms with E-state index in [2.05, 4.69) is 5.32 Å². The topological polar surface area (TPSA) is 92.6 Å². The third-order valence-electron chi connectivity index (χ3n) is 3.69. The summed E-state index contributed by atoms with van der Waals surface area (Å²) >= 11 is 0. The highest BCUT2D eigenvalue weighted by atomic mass is 32.2. The molecule has 0 saturated carbocycles. The summed E-state index contributed by atoms with van der Waals surface area (Å²) in [5.41, 5.74) is 0.0644. The van der Waals surface area contributed by atoms with Crippen molar-refractivity contribution in [2.45, 2.75) is 24.7 Å². The molecule has 7 nitrogen and oxygen atoms in total. The molecular formula is C13H19N3O4S. The molecule has 1 fully saturated rings. The molecule has 2 rings (SSSR count). The van der Waals surface area contributed by atoms with Crippen molar-refractivity contribution in [3.63, 3.8) is 0 Å². The Morgan fingerprint density at radius 2 is 2.14 bits per heavy atom. The molecule has 1 saturated heterocycles. The van der Waals surface area contributed by atoms with Gasteiger partial charge >= 0.3 is 0 Å². The zero-order valence-electron chi connectivity index (χ0n) is 12.1. The van der Waals surface area contributed by atoms with Crippen molar-refractivity contribution in [1.29, 1.82) is 0 Å². The summed E-state index contributed by atoms with van der Waals surface area (Å²) in [6.07, 6.45) is 1.82. The van der Waals surface area contributed by atoms with E-state index in [-0.39, 0.29) is 10.6 Å². The van der Waals surface area contributed by atoms with Crippen molar-refractivity contribution in [3.8, 4) is 0 Å². The normalized spacial score (nSPS) is 20.2. The van der Waals surface area contributed by atoms with Crippen LogP contribution in [0.15, 0.2) is 23.1 Å². The number of piperidine rings is 1. The van der Waals surface area contributed by atoms with Crippen LogP contribution in [0.2, 0.25) is 0 Å². The molecule has 1 aromatic carbocycles. The van der Waals surface area contributed by atoms with Crippen molar-refractivity contribution in [2.75, 3.05) is 25.5 Å². The highest BCUT2D eigenvalue weighted by Crippen LogP contribution is 2.30. The summed E-state index contributed by atoms with van der Waals surface area (Å²) in [5.74, 6) is 0.306. The third kappa shape index (κ3) is 3.16. The van der Waals surface area contributed by atoms with Crippen molar-refractivity contribution in [3.05, 3.63) is 28.3 Å². The van der Waals surface area contributed by atoms with Crippen molar-refractivity contribution < 1.29 is 13.3 Å². The third-order valence-corrected chi connectivity index (χ3v) is 5.55. The molecule has 1 aliphatic heterocycles. The van der Waals surface area contributed by atoms with Gasteiger partial charge in [-0.1, -0.05) is 6.92 Å². The lowest BCUT2D eigenvalue weighted by atomic mass is 10.0. The summed E-state index contributed by atoms with van der Waals surface area (Å²) in [6.45, 7) is 2.94. The van der Waals surface area contributed by atoms with Gasteiger partial charge in [0.15, 0.2) is 0 Å². The Labute approximate surface area is 124 Å². The molecule has 1 aliphatic rings. The number of nitrogens with zero attached hydrogens (tertiary/aromatic N) is 2. The number of sulfonamides is 1. The molecule has 8 heteroatoms. The fraction of sp³-hybridized carbons (Fsp3) is 0.538. The number of nitro groups is 1. The van der Waals surface area contributed by atoms with Crippen LogP contribution in [-0.2, 0) is 10.0 Å². The minimum Gasteiger partial charge on any atom is -0.383 e. The second kappa shape index (κ2) is 5.98. The molecule has 1 atom stereocenters. The molecule has 0 bridgehead atoms. The van der Waals surface area contributed by atoms with E-state index in [1.54, 1.807) is 7.05 Å². The molecule has 1 heterocycles. The molecule has 0 amide bonds. The van der Waals surface area contributed by atoms with E-state index in [1.165, 1.54) is 16.4 Å². The fourth-order valence-electron chi connectivity index (χ4n) is 2.55. The Bertz CT molecular complexity index is 645. The molecule has 116 valence electrons. The van der Waals surface area contributed by atoms with E-state index in [4.69, 9.17) is 0 Å². The first-order chi connectivity index (χ1) is 9.86. The van der Waals surface area contributed by atoms with E-state index in [1.807, 2.05) is 6.92 Å². The maximum Gasteiger partial charge on any atom is 0.293 e. The van der Waals surface area contributed by atoms with Crippen molar-refractivity contribution >= 4 is 21.4 Å². The Kier molecular flexibility index (Phi) is 4.48. The Hall–Kier alpha value is -1.67. The summed E-state index contributed by atoms with van der Waals surface area (Å²) in [7, 11) is -2.12. The van der Waals surface area contributed by atoms with Crippen LogP contribution in [0.25, 0.3) is 0 Å². The second-order valence-electron chi connectivity index (χ2n) is 5.30. The fourth-order valence-corrected chi connectivity index (χ4v) is 4.17. The van der Waals surface area contributed by atoms with E-state index in [9.17, 15) is 18.5 Å². The minimum atomic E-state index is -3.67. The average Bonchev–Trinajstić information content (AvgIpc) is 2.46. The summed E-state index contributed by atoms with van der Waals surface area (Å²) in [6, 6.07) is 3.96. The Morgan fingerprint density at radius 1 is 1.43 bits per heavy atom. The molecule has 0 radical (unpaired) electrons. The lowest BCUT2D eigenvalue weighted by Crippen LogP contribution is -2.39. The number of anilines is 1. The van der Waals surface area contributed by atoms with Gasteiger partial charge in [0.25, 0.3) is 5.69 Å². The number of benzene rings is 1. The molecule has 1 N–H and O–H groups in total. The first-order valence-corrected chi connectivity index (χ1v) is 8.26. The molecule has 1 aromatic rings. The standard InChI is InChI=1S/C13H19N3O4S/c1-10-4-3-7-15(9-10)21(19,20)11-5-6-12(14-2)13(8-11)16(17)18/h5-6,8,10,14H,3-4,7,9H2,1-2H3. The smallest absolute Gasteiger partial charge is 0.293 e. The maximum absolute atomic E-state index is 12.6. The van der Waals surface area contributed by atoms with E-state index in [0.717, 1.165) is 18.9 Å². The van der Waals surface area contributed by atoms with Gasteiger partial charge in [0, 0.05) is 26.2 Å². The van der Waals surface area contributed by atoms with E-state index in [0.29, 0.717) is 24.7 Å². The SMILES string of the molecule is CNc1ccc(S(=O)(=O)N2CCCC(C)C2)cc1[N+](=O)[O-]. The van der Waals surface area contributed by atoms with Crippen LogP contribution in [0.1, 0.15) is 19.8 Å². The lowest BCUT2D eigenvalue weighted by Gasteiger charge is -2.30. The molecule has 0 aliphatic carbocycles. The number of nitro benzene ring substituents is 1. The van der Waals surface area contributed by atoms with Gasteiger partial charge in [-0.2, -0.15) is 4.31 Å². The van der Waals surface area contributed by atoms with Crippen LogP contribution < -0.4 is 5.32 Å². The summed E-state index contributed by atoms with van der Waals surface area (Å²) in [5, 5.41) is 13.7. The Morgan fingerprint density at radius 3 is 2.71 bits per heavy atom. The number of hydrogen-bond acceptors (Lipinski definition) is 5. The summed E-state index contributed by atoms with van der Waals surface area (Å²) in [4.78, 5) is 10.4. The molecule has 21 heavy (non-hydrogen) atoms. The van der Waals surface area contributed by atoms with Gasteiger partial charge in [-0.05, 0) is 30.9 Å². The van der Waals surface area contributed by atoms with Crippen molar-refractivity contribution in [2.24, 2.45) is 5.92 Å². The highest BCUT2D eigenvalue weighted by Gasteiger charge is 2.30. The van der Waals surface area contributed by atoms with Gasteiger partial charge in [-0.3, -0.25) is 10.1 Å². The second-order valence-corrected chi connectivity index (χ2v) is 7.23. The molecule has 1 unspecified atom stereocenters. The molecular weight excluding hydrogens is 294 g/mol. The minimum absolute atomic E-state index is 0.0256. The van der Waals surface area contributed by atoms with Crippen LogP contribution in [0.3, 0.4) is 0 Å². The zero-order valence-corrected chi connectivity index (χ0v) is 12.9. The monoisotopic (exact) mass is 313 g/mol. The molecule has 0 aromatic heterocycles.